The number of carbonyl (C=O) groups excluding carboxylic acids is 1. The number of amides is 1. The molecule has 6 nitrogen and oxygen atoms in total. The number of thioether (sulfide) groups is 1. The summed E-state index contributed by atoms with van der Waals surface area (Å²) >= 11 is 1.04. The molecule has 1 aromatic carbocycles. The molecule has 25 heavy (non-hydrogen) atoms. The number of halogens is 1. The fourth-order valence-corrected chi connectivity index (χ4v) is 2.81. The third kappa shape index (κ3) is 4.36. The van der Waals surface area contributed by atoms with Crippen molar-refractivity contribution in [3.63, 3.8) is 0 Å². The van der Waals surface area contributed by atoms with E-state index in [2.05, 4.69) is 10.3 Å². The molecular formula is C17H14FN3O3S. The summed E-state index contributed by atoms with van der Waals surface area (Å²) in [7, 11) is 0. The molecule has 0 spiro atoms. The lowest BCUT2D eigenvalue weighted by atomic mass is 10.3. The molecule has 0 atom stereocenters. The molecule has 3 rings (SSSR count). The Kier molecular flexibility index (Phi) is 5.30. The predicted octanol–water partition coefficient (Wildman–Crippen LogP) is 2.37. The number of nitrogens with one attached hydrogen (secondary N) is 1. The smallest absolute Gasteiger partial charge is 0.287 e. The van der Waals surface area contributed by atoms with Crippen LogP contribution in [0.3, 0.4) is 0 Å². The predicted molar refractivity (Wildman–Crippen MR) is 91.1 cm³/mol. The Morgan fingerprint density at radius 3 is 2.80 bits per heavy atom. The van der Waals surface area contributed by atoms with Crippen molar-refractivity contribution in [3.05, 3.63) is 77.0 Å². The fourth-order valence-electron chi connectivity index (χ4n) is 2.08. The van der Waals surface area contributed by atoms with Crippen molar-refractivity contribution in [2.75, 3.05) is 5.75 Å². The molecule has 0 aliphatic rings. The minimum Gasteiger partial charge on any atom is -0.467 e. The van der Waals surface area contributed by atoms with Crippen LogP contribution in [-0.2, 0) is 11.3 Å². The minimum absolute atomic E-state index is 0.0520. The lowest BCUT2D eigenvalue weighted by molar-refractivity contribution is -0.118. The van der Waals surface area contributed by atoms with E-state index in [9.17, 15) is 14.0 Å². The molecule has 0 bridgehead atoms. The molecule has 128 valence electrons. The van der Waals surface area contributed by atoms with Gasteiger partial charge in [-0.15, -0.1) is 0 Å². The van der Waals surface area contributed by atoms with E-state index in [1.54, 1.807) is 12.1 Å². The molecule has 0 unspecified atom stereocenters. The zero-order valence-corrected chi connectivity index (χ0v) is 13.8. The molecule has 2 heterocycles. The second-order valence-electron chi connectivity index (χ2n) is 5.03. The Morgan fingerprint density at radius 1 is 1.28 bits per heavy atom. The summed E-state index contributed by atoms with van der Waals surface area (Å²) in [4.78, 5) is 28.3. The highest BCUT2D eigenvalue weighted by atomic mass is 32.2. The SMILES string of the molecule is O=C(CSc1nccn(-c2ccc(F)cc2)c1=O)NCc1ccco1. The zero-order chi connectivity index (χ0) is 17.6. The average Bonchev–Trinajstić information content (AvgIpc) is 3.13. The van der Waals surface area contributed by atoms with Gasteiger partial charge >= 0.3 is 0 Å². The number of furan rings is 1. The maximum absolute atomic E-state index is 13.0. The third-order valence-corrected chi connectivity index (χ3v) is 4.25. The Morgan fingerprint density at radius 2 is 2.08 bits per heavy atom. The summed E-state index contributed by atoms with van der Waals surface area (Å²) in [5, 5.41) is 2.89. The number of nitrogens with zero attached hydrogens (tertiary/aromatic N) is 2. The number of benzene rings is 1. The molecule has 1 N–H and O–H groups in total. The van der Waals surface area contributed by atoms with Gasteiger partial charge < -0.3 is 9.73 Å². The number of carbonyl (C=O) groups is 1. The number of hydrogen-bond donors (Lipinski definition) is 1. The van der Waals surface area contributed by atoms with Crippen LogP contribution in [0, 0.1) is 5.82 Å². The first kappa shape index (κ1) is 17.0. The van der Waals surface area contributed by atoms with Crippen LogP contribution in [0.15, 0.2) is 69.3 Å². The lowest BCUT2D eigenvalue weighted by Crippen LogP contribution is -2.26. The van der Waals surface area contributed by atoms with Gasteiger partial charge in [0.25, 0.3) is 5.56 Å². The molecule has 0 radical (unpaired) electrons. The minimum atomic E-state index is -0.381. The van der Waals surface area contributed by atoms with E-state index in [0.29, 0.717) is 11.4 Å². The van der Waals surface area contributed by atoms with Crippen LogP contribution in [0.5, 0.6) is 0 Å². The van der Waals surface area contributed by atoms with Gasteiger partial charge in [0.15, 0.2) is 5.03 Å². The molecular weight excluding hydrogens is 345 g/mol. The Labute approximate surface area is 146 Å². The van der Waals surface area contributed by atoms with Crippen molar-refractivity contribution in [3.8, 4) is 5.69 Å². The van der Waals surface area contributed by atoms with Crippen LogP contribution >= 0.6 is 11.8 Å². The first-order valence-corrected chi connectivity index (χ1v) is 8.37. The Balaban J connectivity index is 1.65. The normalized spacial score (nSPS) is 10.6. The van der Waals surface area contributed by atoms with Gasteiger partial charge in [-0.1, -0.05) is 11.8 Å². The van der Waals surface area contributed by atoms with Crippen molar-refractivity contribution in [2.24, 2.45) is 0 Å². The number of aromatic nitrogens is 2. The van der Waals surface area contributed by atoms with E-state index in [-0.39, 0.29) is 34.6 Å². The molecule has 2 aromatic heterocycles. The van der Waals surface area contributed by atoms with Crippen LogP contribution in [0.1, 0.15) is 5.76 Å². The van der Waals surface area contributed by atoms with Gasteiger partial charge in [0.05, 0.1) is 18.6 Å². The van der Waals surface area contributed by atoms with Crippen LogP contribution in [0.4, 0.5) is 4.39 Å². The Bertz CT molecular complexity index is 908. The van der Waals surface area contributed by atoms with Gasteiger partial charge in [0.2, 0.25) is 5.91 Å². The third-order valence-electron chi connectivity index (χ3n) is 3.29. The maximum atomic E-state index is 13.0. The molecule has 0 fully saturated rings. The molecule has 0 saturated heterocycles. The highest BCUT2D eigenvalue weighted by Crippen LogP contribution is 2.12. The zero-order valence-electron chi connectivity index (χ0n) is 13.0. The van der Waals surface area contributed by atoms with Gasteiger partial charge in [-0.05, 0) is 36.4 Å². The highest BCUT2D eigenvalue weighted by Gasteiger charge is 2.10. The Hall–Kier alpha value is -2.87. The van der Waals surface area contributed by atoms with E-state index in [4.69, 9.17) is 4.42 Å². The standard InChI is InChI=1S/C17H14FN3O3S/c18-12-3-5-13(6-4-12)21-8-7-19-16(17(21)23)25-11-15(22)20-10-14-2-1-9-24-14/h1-9H,10-11H2,(H,20,22). The summed E-state index contributed by atoms with van der Waals surface area (Å²) in [5.41, 5.74) is 0.163. The molecule has 0 aliphatic heterocycles. The van der Waals surface area contributed by atoms with Crippen LogP contribution < -0.4 is 10.9 Å². The van der Waals surface area contributed by atoms with Gasteiger partial charge in [0, 0.05) is 18.1 Å². The lowest BCUT2D eigenvalue weighted by Gasteiger charge is -2.07. The van der Waals surface area contributed by atoms with Gasteiger partial charge in [-0.25, -0.2) is 9.37 Å². The van der Waals surface area contributed by atoms with Crippen molar-refractivity contribution in [2.45, 2.75) is 11.6 Å². The monoisotopic (exact) mass is 359 g/mol. The largest absolute Gasteiger partial charge is 0.467 e. The van der Waals surface area contributed by atoms with Gasteiger partial charge in [-0.3, -0.25) is 14.2 Å². The van der Waals surface area contributed by atoms with E-state index in [1.807, 2.05) is 0 Å². The first-order chi connectivity index (χ1) is 12.1. The second-order valence-corrected chi connectivity index (χ2v) is 5.99. The van der Waals surface area contributed by atoms with E-state index in [0.717, 1.165) is 11.8 Å². The van der Waals surface area contributed by atoms with Crippen molar-refractivity contribution < 1.29 is 13.6 Å². The summed E-state index contributed by atoms with van der Waals surface area (Å²) in [5.74, 6) is 0.0828. The highest BCUT2D eigenvalue weighted by molar-refractivity contribution is 7.99. The molecule has 1 amide bonds. The first-order valence-electron chi connectivity index (χ1n) is 7.39. The topological polar surface area (TPSA) is 77.1 Å². The average molecular weight is 359 g/mol. The summed E-state index contributed by atoms with van der Waals surface area (Å²) < 4.78 is 19.5. The van der Waals surface area contributed by atoms with Crippen molar-refractivity contribution in [1.82, 2.24) is 14.9 Å². The van der Waals surface area contributed by atoms with E-state index >= 15 is 0 Å². The summed E-state index contributed by atoms with van der Waals surface area (Å²) in [6.45, 7) is 0.286. The number of hydrogen-bond acceptors (Lipinski definition) is 5. The second kappa shape index (κ2) is 7.80. The number of rotatable bonds is 6. The molecule has 3 aromatic rings. The fraction of sp³-hybridized carbons (Fsp3) is 0.118. The van der Waals surface area contributed by atoms with Gasteiger partial charge in [0.1, 0.15) is 11.6 Å². The van der Waals surface area contributed by atoms with Crippen LogP contribution in [0.2, 0.25) is 0 Å². The van der Waals surface area contributed by atoms with Crippen LogP contribution in [0.25, 0.3) is 5.69 Å². The summed E-state index contributed by atoms with van der Waals surface area (Å²) in [6, 6.07) is 9.05. The summed E-state index contributed by atoms with van der Waals surface area (Å²) in [6.07, 6.45) is 4.49. The molecule has 8 heteroatoms. The van der Waals surface area contributed by atoms with Crippen LogP contribution in [-0.4, -0.2) is 21.2 Å². The maximum Gasteiger partial charge on any atom is 0.287 e. The van der Waals surface area contributed by atoms with Gasteiger partial charge in [-0.2, -0.15) is 0 Å². The van der Waals surface area contributed by atoms with Crippen molar-refractivity contribution in [1.29, 1.82) is 0 Å². The molecule has 0 saturated carbocycles. The quantitative estimate of drug-likeness (QED) is 0.684. The van der Waals surface area contributed by atoms with E-state index in [1.165, 1.54) is 47.5 Å². The van der Waals surface area contributed by atoms with Crippen molar-refractivity contribution >= 4 is 17.7 Å². The van der Waals surface area contributed by atoms with E-state index < -0.39 is 0 Å². The molecule has 0 aliphatic carbocycles.